The van der Waals surface area contributed by atoms with Gasteiger partial charge < -0.3 is 23.8 Å². The van der Waals surface area contributed by atoms with Crippen molar-refractivity contribution in [1.29, 1.82) is 0 Å². The summed E-state index contributed by atoms with van der Waals surface area (Å²) in [5.74, 6) is -2.45. The van der Waals surface area contributed by atoms with E-state index in [9.17, 15) is 24.3 Å². The number of benzene rings is 1. The van der Waals surface area contributed by atoms with Crippen LogP contribution in [0.3, 0.4) is 0 Å². The number of carbonyl (C=O) groups is 2. The Hall–Kier alpha value is -3.01. The number of esters is 2. The van der Waals surface area contributed by atoms with Crippen molar-refractivity contribution in [1.82, 2.24) is 5.32 Å². The zero-order chi connectivity index (χ0) is 27.8. The standard InChI is InChI=1S/C25H33N2O9P/c1-15-19(22(28)33-14-34-23(29)24(3,4)5)20(17-9-8-10-18(11-17)27(30)31)21(16(2)26-15)37(32)35-12-25(6,7)13-36-37/h8-11,20,26H,12-14H2,1-7H3/t20-/m0/s1. The van der Waals surface area contributed by atoms with E-state index in [0.29, 0.717) is 17.0 Å². The van der Waals surface area contributed by atoms with Crippen LogP contribution in [0, 0.1) is 20.9 Å². The molecule has 1 fully saturated rings. The zero-order valence-electron chi connectivity index (χ0n) is 22.1. The minimum absolute atomic E-state index is 0.0418. The second kappa shape index (κ2) is 10.4. The maximum Gasteiger partial charge on any atom is 0.360 e. The van der Waals surface area contributed by atoms with E-state index in [0.717, 1.165) is 0 Å². The molecule has 12 heteroatoms. The van der Waals surface area contributed by atoms with Gasteiger partial charge in [-0.1, -0.05) is 26.0 Å². The van der Waals surface area contributed by atoms with Gasteiger partial charge in [0.05, 0.1) is 40.4 Å². The van der Waals surface area contributed by atoms with Crippen molar-refractivity contribution in [2.75, 3.05) is 20.0 Å². The lowest BCUT2D eigenvalue weighted by Gasteiger charge is -2.39. The Kier molecular flexibility index (Phi) is 8.02. The van der Waals surface area contributed by atoms with Gasteiger partial charge in [0.25, 0.3) is 5.69 Å². The van der Waals surface area contributed by atoms with Crippen LogP contribution in [0.2, 0.25) is 0 Å². The highest BCUT2D eigenvalue weighted by molar-refractivity contribution is 7.58. The highest BCUT2D eigenvalue weighted by Gasteiger charge is 2.48. The number of carbonyl (C=O) groups excluding carboxylic acids is 2. The van der Waals surface area contributed by atoms with Crippen LogP contribution in [-0.4, -0.2) is 36.9 Å². The lowest BCUT2D eigenvalue weighted by Crippen LogP contribution is -2.34. The SMILES string of the molecule is CC1=C(C(=O)OCOC(=O)C(C)(C)C)[C@H](c2cccc([N+](=O)[O-])c2)C(P2(=O)OCC(C)(C)CO2)=C(C)N1. The van der Waals surface area contributed by atoms with Crippen molar-refractivity contribution in [2.24, 2.45) is 10.8 Å². The topological polar surface area (TPSA) is 143 Å². The van der Waals surface area contributed by atoms with Gasteiger partial charge in [0.1, 0.15) is 0 Å². The predicted octanol–water partition coefficient (Wildman–Crippen LogP) is 5.14. The third kappa shape index (κ3) is 6.29. The number of nitrogens with zero attached hydrogens (tertiary/aromatic N) is 1. The average Bonchev–Trinajstić information content (AvgIpc) is 2.80. The number of dihydropyridines is 1. The molecule has 0 spiro atoms. The number of hydrogen-bond donors (Lipinski definition) is 1. The zero-order valence-corrected chi connectivity index (χ0v) is 23.0. The first kappa shape index (κ1) is 28.6. The van der Waals surface area contributed by atoms with Crippen molar-refractivity contribution < 1.29 is 37.6 Å². The summed E-state index contributed by atoms with van der Waals surface area (Å²) in [6.07, 6.45) is 0. The number of rotatable bonds is 6. The second-order valence-corrected chi connectivity index (χ2v) is 12.9. The van der Waals surface area contributed by atoms with E-state index in [1.165, 1.54) is 18.2 Å². The molecule has 2 aliphatic rings. The predicted molar refractivity (Wildman–Crippen MR) is 134 cm³/mol. The van der Waals surface area contributed by atoms with Gasteiger partial charge in [0, 0.05) is 28.9 Å². The minimum Gasteiger partial charge on any atom is -0.427 e. The molecule has 37 heavy (non-hydrogen) atoms. The number of allylic oxidation sites excluding steroid dienone is 3. The Balaban J connectivity index is 2.05. The molecule has 1 saturated heterocycles. The van der Waals surface area contributed by atoms with Crippen LogP contribution in [0.1, 0.15) is 59.9 Å². The van der Waals surface area contributed by atoms with Crippen LogP contribution >= 0.6 is 7.60 Å². The summed E-state index contributed by atoms with van der Waals surface area (Å²) >= 11 is 0. The monoisotopic (exact) mass is 536 g/mol. The molecule has 0 aromatic heterocycles. The van der Waals surface area contributed by atoms with E-state index in [-0.39, 0.29) is 35.2 Å². The van der Waals surface area contributed by atoms with Gasteiger partial charge in [-0.15, -0.1) is 0 Å². The van der Waals surface area contributed by atoms with Crippen molar-refractivity contribution in [3.05, 3.63) is 62.2 Å². The van der Waals surface area contributed by atoms with Gasteiger partial charge in [-0.25, -0.2) is 4.79 Å². The Morgan fingerprint density at radius 2 is 1.78 bits per heavy atom. The first-order valence-corrected chi connectivity index (χ1v) is 13.3. The van der Waals surface area contributed by atoms with Gasteiger partial charge in [-0.3, -0.25) is 19.5 Å². The van der Waals surface area contributed by atoms with Crippen molar-refractivity contribution in [3.63, 3.8) is 0 Å². The van der Waals surface area contributed by atoms with Gasteiger partial charge in [-0.2, -0.15) is 0 Å². The van der Waals surface area contributed by atoms with E-state index in [2.05, 4.69) is 5.32 Å². The first-order chi connectivity index (χ1) is 17.1. The van der Waals surface area contributed by atoms with Crippen LogP contribution in [0.4, 0.5) is 5.69 Å². The molecule has 3 rings (SSSR count). The lowest BCUT2D eigenvalue weighted by molar-refractivity contribution is -0.384. The molecule has 202 valence electrons. The molecule has 0 radical (unpaired) electrons. The maximum absolute atomic E-state index is 14.1. The third-order valence-corrected chi connectivity index (χ3v) is 8.02. The van der Waals surface area contributed by atoms with E-state index in [4.69, 9.17) is 18.5 Å². The fraction of sp³-hybridized carbons (Fsp3) is 0.520. The summed E-state index contributed by atoms with van der Waals surface area (Å²) in [6.45, 7) is 11.8. The van der Waals surface area contributed by atoms with Crippen LogP contribution < -0.4 is 5.32 Å². The van der Waals surface area contributed by atoms with E-state index in [1.807, 2.05) is 13.8 Å². The molecule has 0 unspecified atom stereocenters. The molecular weight excluding hydrogens is 503 g/mol. The molecule has 0 bridgehead atoms. The Morgan fingerprint density at radius 3 is 2.35 bits per heavy atom. The maximum atomic E-state index is 14.1. The van der Waals surface area contributed by atoms with Crippen molar-refractivity contribution in [3.8, 4) is 0 Å². The van der Waals surface area contributed by atoms with Crippen LogP contribution in [0.25, 0.3) is 0 Å². The van der Waals surface area contributed by atoms with Gasteiger partial charge in [-0.05, 0) is 40.2 Å². The number of nitro groups is 1. The van der Waals surface area contributed by atoms with Crippen molar-refractivity contribution in [2.45, 2.75) is 54.4 Å². The summed E-state index contributed by atoms with van der Waals surface area (Å²) in [6, 6.07) is 5.70. The summed E-state index contributed by atoms with van der Waals surface area (Å²) in [7, 11) is -3.93. The lowest BCUT2D eigenvalue weighted by atomic mass is 9.86. The first-order valence-electron chi connectivity index (χ1n) is 11.7. The molecule has 11 nitrogen and oxygen atoms in total. The Morgan fingerprint density at radius 1 is 1.16 bits per heavy atom. The van der Waals surface area contributed by atoms with Crippen LogP contribution in [-0.2, 0) is 32.7 Å². The van der Waals surface area contributed by atoms with Gasteiger partial charge >= 0.3 is 19.5 Å². The molecule has 0 amide bonds. The van der Waals surface area contributed by atoms with Crippen molar-refractivity contribution >= 4 is 25.2 Å². The molecule has 2 heterocycles. The molecule has 2 aliphatic heterocycles. The van der Waals surface area contributed by atoms with Gasteiger partial charge in [0.15, 0.2) is 0 Å². The highest BCUT2D eigenvalue weighted by Crippen LogP contribution is 2.66. The number of ether oxygens (including phenoxy) is 2. The molecule has 0 aliphatic carbocycles. The minimum atomic E-state index is -3.93. The Labute approximate surface area is 215 Å². The van der Waals surface area contributed by atoms with E-state index in [1.54, 1.807) is 40.7 Å². The van der Waals surface area contributed by atoms with Gasteiger partial charge in [0.2, 0.25) is 6.79 Å². The summed E-state index contributed by atoms with van der Waals surface area (Å²) in [5.41, 5.74) is -0.190. The largest absolute Gasteiger partial charge is 0.427 e. The number of hydrogen-bond acceptors (Lipinski definition) is 10. The molecule has 1 N–H and O–H groups in total. The van der Waals surface area contributed by atoms with Crippen LogP contribution in [0.5, 0.6) is 0 Å². The van der Waals surface area contributed by atoms with E-state index < -0.39 is 42.6 Å². The van der Waals surface area contributed by atoms with E-state index >= 15 is 0 Å². The number of nitro benzene ring substituents is 1. The van der Waals surface area contributed by atoms with Crippen LogP contribution in [0.15, 0.2) is 46.5 Å². The Bertz CT molecular complexity index is 1210. The smallest absolute Gasteiger partial charge is 0.360 e. The second-order valence-electron chi connectivity index (χ2n) is 10.9. The summed E-state index contributed by atoms with van der Waals surface area (Å²) in [5, 5.41) is 14.7. The number of non-ortho nitro benzene ring substituents is 1. The summed E-state index contributed by atoms with van der Waals surface area (Å²) in [4.78, 5) is 36.4. The molecule has 1 aromatic rings. The summed E-state index contributed by atoms with van der Waals surface area (Å²) < 4.78 is 36.0. The molecule has 1 atom stereocenters. The fourth-order valence-electron chi connectivity index (χ4n) is 3.93. The quantitative estimate of drug-likeness (QED) is 0.171. The number of nitrogens with one attached hydrogen (secondary N) is 1. The normalized spacial score (nSPS) is 21.2. The fourth-order valence-corrected chi connectivity index (χ4v) is 6.38. The average molecular weight is 537 g/mol. The molecular formula is C25H33N2O9P. The molecule has 1 aromatic carbocycles. The third-order valence-electron chi connectivity index (χ3n) is 5.90. The molecule has 0 saturated carbocycles. The highest BCUT2D eigenvalue weighted by atomic mass is 31.2.